The molecule has 1 heterocycles. The van der Waals surface area contributed by atoms with Gasteiger partial charge in [-0.15, -0.1) is 5.10 Å². The number of hydrogen-bond donors (Lipinski definition) is 2. The first-order valence-corrected chi connectivity index (χ1v) is 5.74. The van der Waals surface area contributed by atoms with Gasteiger partial charge in [0.2, 0.25) is 0 Å². The normalized spacial score (nSPS) is 12.2. The van der Waals surface area contributed by atoms with Crippen molar-refractivity contribution in [2.45, 2.75) is 6.04 Å². The highest BCUT2D eigenvalue weighted by Gasteiger charge is 2.22. The summed E-state index contributed by atoms with van der Waals surface area (Å²) in [4.78, 5) is 0. The summed E-state index contributed by atoms with van der Waals surface area (Å²) in [6.45, 7) is 0. The Balaban J connectivity index is 2.53. The van der Waals surface area contributed by atoms with E-state index in [-0.39, 0.29) is 6.04 Å². The molecule has 0 bridgehead atoms. The maximum atomic E-state index is 5.66. The van der Waals surface area contributed by atoms with E-state index in [0.717, 1.165) is 11.3 Å². The number of hydrogen-bond acceptors (Lipinski definition) is 6. The van der Waals surface area contributed by atoms with Crippen LogP contribution in [-0.2, 0) is 7.05 Å². The van der Waals surface area contributed by atoms with Gasteiger partial charge in [0.1, 0.15) is 0 Å². The minimum Gasteiger partial charge on any atom is -0.493 e. The predicted molar refractivity (Wildman–Crippen MR) is 69.7 cm³/mol. The van der Waals surface area contributed by atoms with Gasteiger partial charge in [-0.05, 0) is 6.07 Å². The maximum absolute atomic E-state index is 5.66. The zero-order valence-electron chi connectivity index (χ0n) is 11.1. The number of hydrazine groups is 1. The Morgan fingerprint density at radius 3 is 2.63 bits per heavy atom. The van der Waals surface area contributed by atoms with E-state index in [1.807, 2.05) is 18.2 Å². The van der Waals surface area contributed by atoms with Crippen LogP contribution < -0.4 is 20.7 Å². The second kappa shape index (κ2) is 5.68. The molecule has 1 aromatic carbocycles. The van der Waals surface area contributed by atoms with Gasteiger partial charge < -0.3 is 9.47 Å². The number of aromatic nitrogens is 3. The highest BCUT2D eigenvalue weighted by atomic mass is 16.5. The van der Waals surface area contributed by atoms with E-state index in [1.54, 1.807) is 32.1 Å². The molecule has 7 nitrogen and oxygen atoms in total. The van der Waals surface area contributed by atoms with Crippen molar-refractivity contribution in [3.05, 3.63) is 35.7 Å². The molecule has 3 N–H and O–H groups in total. The van der Waals surface area contributed by atoms with E-state index in [4.69, 9.17) is 15.3 Å². The van der Waals surface area contributed by atoms with Crippen LogP contribution in [0.25, 0.3) is 0 Å². The number of aryl methyl sites for hydroxylation is 1. The summed E-state index contributed by atoms with van der Waals surface area (Å²) in [7, 11) is 4.99. The molecule has 102 valence electrons. The number of nitrogens with zero attached hydrogens (tertiary/aromatic N) is 3. The van der Waals surface area contributed by atoms with Crippen molar-refractivity contribution in [2.24, 2.45) is 12.9 Å². The third kappa shape index (κ3) is 2.38. The first-order valence-electron chi connectivity index (χ1n) is 5.74. The van der Waals surface area contributed by atoms with Crippen molar-refractivity contribution in [1.82, 2.24) is 20.4 Å². The van der Waals surface area contributed by atoms with Crippen LogP contribution in [0.4, 0.5) is 0 Å². The summed E-state index contributed by atoms with van der Waals surface area (Å²) in [5, 5.41) is 7.77. The first kappa shape index (κ1) is 13.3. The smallest absolute Gasteiger partial charge is 0.165 e. The number of benzene rings is 1. The molecule has 2 aromatic rings. The molecule has 0 aliphatic heterocycles. The zero-order valence-corrected chi connectivity index (χ0v) is 11.1. The number of ether oxygens (including phenoxy) is 2. The quantitative estimate of drug-likeness (QED) is 0.599. The van der Waals surface area contributed by atoms with Crippen LogP contribution in [0.15, 0.2) is 24.4 Å². The molecule has 1 atom stereocenters. The average Bonchev–Trinajstić information content (AvgIpc) is 2.85. The Morgan fingerprint density at radius 2 is 2.11 bits per heavy atom. The van der Waals surface area contributed by atoms with Gasteiger partial charge in [0.15, 0.2) is 11.5 Å². The van der Waals surface area contributed by atoms with Crippen molar-refractivity contribution >= 4 is 0 Å². The molecule has 1 aromatic heterocycles. The lowest BCUT2D eigenvalue weighted by Gasteiger charge is -2.20. The summed E-state index contributed by atoms with van der Waals surface area (Å²) >= 11 is 0. The molecule has 19 heavy (non-hydrogen) atoms. The van der Waals surface area contributed by atoms with Gasteiger partial charge in [0.05, 0.1) is 32.2 Å². The minimum atomic E-state index is -0.287. The Kier molecular flexibility index (Phi) is 3.98. The molecule has 0 spiro atoms. The zero-order chi connectivity index (χ0) is 13.8. The van der Waals surface area contributed by atoms with Crippen molar-refractivity contribution in [3.8, 4) is 11.5 Å². The molecule has 0 saturated carbocycles. The monoisotopic (exact) mass is 263 g/mol. The summed E-state index contributed by atoms with van der Waals surface area (Å²) < 4.78 is 12.4. The van der Waals surface area contributed by atoms with Crippen molar-refractivity contribution in [2.75, 3.05) is 14.2 Å². The van der Waals surface area contributed by atoms with Gasteiger partial charge in [-0.25, -0.2) is 5.43 Å². The molecular formula is C12H17N5O2. The molecule has 0 fully saturated rings. The third-order valence-corrected chi connectivity index (χ3v) is 2.96. The third-order valence-electron chi connectivity index (χ3n) is 2.96. The number of para-hydroxylation sites is 1. The molecule has 7 heteroatoms. The van der Waals surface area contributed by atoms with E-state index >= 15 is 0 Å². The van der Waals surface area contributed by atoms with Gasteiger partial charge in [0.25, 0.3) is 0 Å². The number of nitrogens with one attached hydrogen (secondary N) is 1. The van der Waals surface area contributed by atoms with Crippen LogP contribution in [0.2, 0.25) is 0 Å². The second-order valence-electron chi connectivity index (χ2n) is 3.96. The Bertz CT molecular complexity index is 555. The molecule has 0 aliphatic carbocycles. The Hall–Kier alpha value is -2.12. The van der Waals surface area contributed by atoms with Gasteiger partial charge in [-0.2, -0.15) is 0 Å². The molecule has 0 aliphatic rings. The van der Waals surface area contributed by atoms with Crippen molar-refractivity contribution in [1.29, 1.82) is 0 Å². The fourth-order valence-corrected chi connectivity index (χ4v) is 2.03. The summed E-state index contributed by atoms with van der Waals surface area (Å²) in [6, 6.07) is 5.34. The summed E-state index contributed by atoms with van der Waals surface area (Å²) in [5.41, 5.74) is 4.44. The highest BCUT2D eigenvalue weighted by Crippen LogP contribution is 2.36. The SMILES string of the molecule is COc1cccc(C(NN)c2cnnn2C)c1OC. The fourth-order valence-electron chi connectivity index (χ4n) is 2.03. The Labute approximate surface area is 111 Å². The minimum absolute atomic E-state index is 0.287. The van der Waals surface area contributed by atoms with E-state index < -0.39 is 0 Å². The van der Waals surface area contributed by atoms with Crippen LogP contribution in [0.5, 0.6) is 11.5 Å². The molecular weight excluding hydrogens is 246 g/mol. The lowest BCUT2D eigenvalue weighted by Crippen LogP contribution is -2.30. The van der Waals surface area contributed by atoms with Gasteiger partial charge in [-0.3, -0.25) is 10.5 Å². The largest absolute Gasteiger partial charge is 0.493 e. The van der Waals surface area contributed by atoms with Crippen LogP contribution in [-0.4, -0.2) is 29.2 Å². The van der Waals surface area contributed by atoms with Crippen LogP contribution in [0.1, 0.15) is 17.3 Å². The maximum Gasteiger partial charge on any atom is 0.165 e. The van der Waals surface area contributed by atoms with Crippen molar-refractivity contribution < 1.29 is 9.47 Å². The lowest BCUT2D eigenvalue weighted by atomic mass is 10.0. The molecule has 0 amide bonds. The van der Waals surface area contributed by atoms with E-state index in [0.29, 0.717) is 11.5 Å². The molecule has 2 rings (SSSR count). The average molecular weight is 263 g/mol. The number of rotatable bonds is 5. The van der Waals surface area contributed by atoms with Crippen LogP contribution in [0, 0.1) is 0 Å². The van der Waals surface area contributed by atoms with Gasteiger partial charge >= 0.3 is 0 Å². The topological polar surface area (TPSA) is 87.2 Å². The van der Waals surface area contributed by atoms with E-state index in [1.165, 1.54) is 0 Å². The second-order valence-corrected chi connectivity index (χ2v) is 3.96. The van der Waals surface area contributed by atoms with E-state index in [2.05, 4.69) is 15.7 Å². The van der Waals surface area contributed by atoms with Gasteiger partial charge in [-0.1, -0.05) is 17.3 Å². The van der Waals surface area contributed by atoms with E-state index in [9.17, 15) is 0 Å². The van der Waals surface area contributed by atoms with Crippen LogP contribution in [0.3, 0.4) is 0 Å². The van der Waals surface area contributed by atoms with Crippen LogP contribution >= 0.6 is 0 Å². The fraction of sp³-hybridized carbons (Fsp3) is 0.333. The lowest BCUT2D eigenvalue weighted by molar-refractivity contribution is 0.348. The Morgan fingerprint density at radius 1 is 1.32 bits per heavy atom. The highest BCUT2D eigenvalue weighted by molar-refractivity contribution is 5.49. The molecule has 0 radical (unpaired) electrons. The standard InChI is InChI=1S/C12H17N5O2/c1-17-9(7-14-16-17)11(15-13)8-5-4-6-10(18-2)12(8)19-3/h4-7,11,15H,13H2,1-3H3. The first-order chi connectivity index (χ1) is 9.22. The summed E-state index contributed by atoms with van der Waals surface area (Å²) in [5.74, 6) is 6.95. The molecule has 1 unspecified atom stereocenters. The number of methoxy groups -OCH3 is 2. The van der Waals surface area contributed by atoms with Gasteiger partial charge in [0, 0.05) is 12.6 Å². The molecule has 0 saturated heterocycles. The summed E-state index contributed by atoms with van der Waals surface area (Å²) in [6.07, 6.45) is 1.66. The number of nitrogens with two attached hydrogens (primary N) is 1. The van der Waals surface area contributed by atoms with Crippen molar-refractivity contribution in [3.63, 3.8) is 0 Å². The predicted octanol–water partition coefficient (Wildman–Crippen LogP) is 0.385.